The van der Waals surface area contributed by atoms with E-state index in [9.17, 15) is 8.42 Å². The Morgan fingerprint density at radius 1 is 0.810 bits per heavy atom. The Bertz CT molecular complexity index is 477. The Balaban J connectivity index is 2.21. The van der Waals surface area contributed by atoms with Crippen LogP contribution in [0.2, 0.25) is 0 Å². The van der Waals surface area contributed by atoms with Crippen molar-refractivity contribution in [3.63, 3.8) is 0 Å². The van der Waals surface area contributed by atoms with Gasteiger partial charge in [-0.05, 0) is 36.8 Å². The highest BCUT2D eigenvalue weighted by molar-refractivity contribution is 7.85. The summed E-state index contributed by atoms with van der Waals surface area (Å²) in [5.41, 5.74) is 2.48. The highest BCUT2D eigenvalue weighted by Crippen LogP contribution is 2.12. The zero-order chi connectivity index (χ0) is 15.6. The Labute approximate surface area is 129 Å². The Kier molecular flexibility index (Phi) is 8.62. The molecule has 4 heteroatoms. The van der Waals surface area contributed by atoms with E-state index >= 15 is 0 Å². The minimum Gasteiger partial charge on any atom is -0.286 e. The fourth-order valence-electron chi connectivity index (χ4n) is 2.44. The van der Waals surface area contributed by atoms with Gasteiger partial charge in [0.15, 0.2) is 0 Å². The van der Waals surface area contributed by atoms with Gasteiger partial charge in [-0.25, -0.2) is 0 Å². The summed E-state index contributed by atoms with van der Waals surface area (Å²) in [5.74, 6) is -0.160. The minimum absolute atomic E-state index is 0.160. The lowest BCUT2D eigenvalue weighted by Gasteiger charge is -2.04. The smallest absolute Gasteiger partial charge is 0.264 e. The molecule has 0 unspecified atom stereocenters. The number of rotatable bonds is 11. The van der Waals surface area contributed by atoms with Crippen molar-refractivity contribution in [1.29, 1.82) is 0 Å². The first-order valence-corrected chi connectivity index (χ1v) is 9.65. The molecular formula is C17H28O3S. The Morgan fingerprint density at radius 2 is 1.29 bits per heavy atom. The highest BCUT2D eigenvalue weighted by Gasteiger charge is 2.04. The summed E-state index contributed by atoms with van der Waals surface area (Å²) in [6.07, 6.45) is 10.1. The van der Waals surface area contributed by atoms with Gasteiger partial charge < -0.3 is 0 Å². The van der Waals surface area contributed by atoms with Crippen molar-refractivity contribution in [3.05, 3.63) is 35.4 Å². The summed E-state index contributed by atoms with van der Waals surface area (Å²) in [5, 5.41) is 0. The largest absolute Gasteiger partial charge is 0.286 e. The van der Waals surface area contributed by atoms with Gasteiger partial charge in [0.2, 0.25) is 0 Å². The molecule has 1 aromatic carbocycles. The second-order valence-electron chi connectivity index (χ2n) is 5.72. The van der Waals surface area contributed by atoms with Crippen LogP contribution in [0.15, 0.2) is 24.3 Å². The summed E-state index contributed by atoms with van der Waals surface area (Å²) in [4.78, 5) is 0. The maximum absolute atomic E-state index is 10.6. The summed E-state index contributed by atoms with van der Waals surface area (Å²) >= 11 is 0. The third-order valence-corrected chi connectivity index (χ3v) is 4.51. The van der Waals surface area contributed by atoms with Crippen LogP contribution in [0, 0.1) is 0 Å². The lowest BCUT2D eigenvalue weighted by atomic mass is 10.0. The Hall–Kier alpha value is -0.870. The number of benzene rings is 1. The molecule has 0 amide bonds. The molecule has 120 valence electrons. The molecule has 0 radical (unpaired) electrons. The molecule has 21 heavy (non-hydrogen) atoms. The van der Waals surface area contributed by atoms with Crippen molar-refractivity contribution in [2.45, 2.75) is 64.7 Å². The van der Waals surface area contributed by atoms with Gasteiger partial charge in [-0.15, -0.1) is 0 Å². The number of hydrogen-bond acceptors (Lipinski definition) is 2. The third kappa shape index (κ3) is 9.64. The van der Waals surface area contributed by atoms with Crippen molar-refractivity contribution in [2.24, 2.45) is 0 Å². The van der Waals surface area contributed by atoms with E-state index in [1.165, 1.54) is 44.1 Å². The van der Waals surface area contributed by atoms with Gasteiger partial charge in [-0.1, -0.05) is 63.3 Å². The molecule has 0 aliphatic heterocycles. The van der Waals surface area contributed by atoms with Gasteiger partial charge in [-0.2, -0.15) is 8.42 Å². The average Bonchev–Trinajstić information content (AvgIpc) is 2.43. The molecule has 0 aromatic heterocycles. The summed E-state index contributed by atoms with van der Waals surface area (Å²) in [6.45, 7) is 2.23. The van der Waals surface area contributed by atoms with Crippen LogP contribution in [0.4, 0.5) is 0 Å². The number of unbranched alkanes of at least 4 members (excludes halogenated alkanes) is 5. The maximum atomic E-state index is 10.6. The summed E-state index contributed by atoms with van der Waals surface area (Å²) in [7, 11) is -3.82. The van der Waals surface area contributed by atoms with Gasteiger partial charge in [0.25, 0.3) is 10.1 Å². The van der Waals surface area contributed by atoms with Crippen LogP contribution in [0.3, 0.4) is 0 Å². The van der Waals surface area contributed by atoms with Crippen LogP contribution >= 0.6 is 0 Å². The molecule has 0 saturated heterocycles. The highest BCUT2D eigenvalue weighted by atomic mass is 32.2. The molecule has 0 fully saturated rings. The molecule has 0 aliphatic rings. The van der Waals surface area contributed by atoms with Crippen LogP contribution in [-0.4, -0.2) is 18.7 Å². The maximum Gasteiger partial charge on any atom is 0.264 e. The van der Waals surface area contributed by atoms with Crippen LogP contribution in [0.1, 0.15) is 63.0 Å². The second kappa shape index (κ2) is 9.96. The first-order valence-electron chi connectivity index (χ1n) is 8.04. The van der Waals surface area contributed by atoms with Crippen molar-refractivity contribution >= 4 is 10.1 Å². The molecule has 1 rings (SSSR count). The summed E-state index contributed by atoms with van der Waals surface area (Å²) in [6, 6.07) is 8.40. The number of hydrogen-bond donors (Lipinski definition) is 1. The molecule has 3 nitrogen and oxygen atoms in total. The van der Waals surface area contributed by atoms with Crippen LogP contribution < -0.4 is 0 Å². The van der Waals surface area contributed by atoms with Crippen LogP contribution in [-0.2, 0) is 23.0 Å². The molecule has 0 spiro atoms. The van der Waals surface area contributed by atoms with E-state index in [1.54, 1.807) is 0 Å². The monoisotopic (exact) mass is 312 g/mol. The molecule has 1 N–H and O–H groups in total. The van der Waals surface area contributed by atoms with E-state index < -0.39 is 10.1 Å². The van der Waals surface area contributed by atoms with E-state index in [0.717, 1.165) is 12.0 Å². The molecule has 0 saturated carbocycles. The number of aryl methyl sites for hydroxylation is 2. The molecule has 0 atom stereocenters. The SMILES string of the molecule is CCCCCCCCc1ccc(CCCS(=O)(=O)O)cc1. The van der Waals surface area contributed by atoms with E-state index in [0.29, 0.717) is 12.8 Å². The van der Waals surface area contributed by atoms with Crippen molar-refractivity contribution in [2.75, 3.05) is 5.75 Å². The van der Waals surface area contributed by atoms with Gasteiger partial charge in [0.05, 0.1) is 5.75 Å². The van der Waals surface area contributed by atoms with Crippen molar-refractivity contribution in [1.82, 2.24) is 0 Å². The molecular weight excluding hydrogens is 284 g/mol. The lowest BCUT2D eigenvalue weighted by molar-refractivity contribution is 0.481. The molecule has 0 aliphatic carbocycles. The molecule has 1 aromatic rings. The minimum atomic E-state index is -3.82. The molecule has 0 heterocycles. The van der Waals surface area contributed by atoms with E-state index in [4.69, 9.17) is 4.55 Å². The van der Waals surface area contributed by atoms with E-state index in [2.05, 4.69) is 31.2 Å². The fourth-order valence-corrected chi connectivity index (χ4v) is 2.95. The zero-order valence-corrected chi connectivity index (χ0v) is 13.9. The van der Waals surface area contributed by atoms with Crippen LogP contribution in [0.5, 0.6) is 0 Å². The fraction of sp³-hybridized carbons (Fsp3) is 0.647. The van der Waals surface area contributed by atoms with Gasteiger partial charge in [0.1, 0.15) is 0 Å². The lowest BCUT2D eigenvalue weighted by Crippen LogP contribution is -2.04. The zero-order valence-electron chi connectivity index (χ0n) is 13.1. The molecule has 0 bridgehead atoms. The second-order valence-corrected chi connectivity index (χ2v) is 7.30. The first-order chi connectivity index (χ1) is 10.0. The van der Waals surface area contributed by atoms with E-state index in [-0.39, 0.29) is 5.75 Å². The summed E-state index contributed by atoms with van der Waals surface area (Å²) < 4.78 is 30.0. The van der Waals surface area contributed by atoms with E-state index in [1.807, 2.05) is 0 Å². The predicted octanol–water partition coefficient (Wildman–Crippen LogP) is 4.41. The van der Waals surface area contributed by atoms with Gasteiger partial charge in [-0.3, -0.25) is 4.55 Å². The third-order valence-electron chi connectivity index (χ3n) is 3.71. The quantitative estimate of drug-likeness (QED) is 0.486. The van der Waals surface area contributed by atoms with Gasteiger partial charge >= 0.3 is 0 Å². The topological polar surface area (TPSA) is 54.4 Å². The first kappa shape index (κ1) is 18.2. The Morgan fingerprint density at radius 3 is 1.81 bits per heavy atom. The average molecular weight is 312 g/mol. The van der Waals surface area contributed by atoms with Gasteiger partial charge in [0, 0.05) is 0 Å². The van der Waals surface area contributed by atoms with Crippen LogP contribution in [0.25, 0.3) is 0 Å². The van der Waals surface area contributed by atoms with Crippen molar-refractivity contribution < 1.29 is 13.0 Å². The standard InChI is InChI=1S/C17H28O3S/c1-2-3-4-5-6-7-9-16-11-13-17(14-12-16)10-8-15-21(18,19)20/h11-14H,2-10,15H2,1H3,(H,18,19,20). The predicted molar refractivity (Wildman–Crippen MR) is 88.3 cm³/mol. The van der Waals surface area contributed by atoms with Crippen molar-refractivity contribution in [3.8, 4) is 0 Å². The normalized spacial score (nSPS) is 11.7.